The molecule has 17 heavy (non-hydrogen) atoms. The van der Waals surface area contributed by atoms with E-state index in [1.807, 2.05) is 0 Å². The highest BCUT2D eigenvalue weighted by molar-refractivity contribution is 7.12. The van der Waals surface area contributed by atoms with Gasteiger partial charge in [0.1, 0.15) is 0 Å². The fourth-order valence-corrected chi connectivity index (χ4v) is 2.47. The summed E-state index contributed by atoms with van der Waals surface area (Å²) < 4.78 is 0. The van der Waals surface area contributed by atoms with Gasteiger partial charge in [0, 0.05) is 17.8 Å². The number of nitrogens with zero attached hydrogens (tertiary/aromatic N) is 1. The van der Waals surface area contributed by atoms with Crippen LogP contribution in [0.5, 0.6) is 0 Å². The van der Waals surface area contributed by atoms with Gasteiger partial charge in [-0.05, 0) is 32.1 Å². The van der Waals surface area contributed by atoms with Crippen LogP contribution in [-0.4, -0.2) is 30.2 Å². The first-order valence-electron chi connectivity index (χ1n) is 6.13. The van der Waals surface area contributed by atoms with Crippen LogP contribution in [0.25, 0.3) is 0 Å². The van der Waals surface area contributed by atoms with Gasteiger partial charge in [-0.3, -0.25) is 0 Å². The summed E-state index contributed by atoms with van der Waals surface area (Å²) in [6.07, 6.45) is 3.06. The molecular formula is C14H21NOS. The molecule has 0 amide bonds. The summed E-state index contributed by atoms with van der Waals surface area (Å²) in [4.78, 5) is 4.80. The third-order valence-corrected chi connectivity index (χ3v) is 3.41. The summed E-state index contributed by atoms with van der Waals surface area (Å²) in [5, 5.41) is 8.65. The van der Waals surface area contributed by atoms with Crippen LogP contribution in [0.2, 0.25) is 0 Å². The molecule has 0 radical (unpaired) electrons. The average Bonchev–Trinajstić information content (AvgIpc) is 2.74. The van der Waals surface area contributed by atoms with E-state index in [0.717, 1.165) is 18.0 Å². The van der Waals surface area contributed by atoms with Gasteiger partial charge in [0.05, 0.1) is 11.5 Å². The molecular weight excluding hydrogens is 230 g/mol. The molecule has 0 aliphatic heterocycles. The second-order valence-corrected chi connectivity index (χ2v) is 5.30. The van der Waals surface area contributed by atoms with Crippen molar-refractivity contribution in [3.05, 3.63) is 21.9 Å². The van der Waals surface area contributed by atoms with Gasteiger partial charge in [0.25, 0.3) is 0 Å². The normalized spacial score (nSPS) is 10.4. The van der Waals surface area contributed by atoms with Gasteiger partial charge in [-0.15, -0.1) is 11.3 Å². The van der Waals surface area contributed by atoms with E-state index < -0.39 is 0 Å². The molecule has 0 aromatic carbocycles. The average molecular weight is 251 g/mol. The Labute approximate surface area is 108 Å². The Bertz CT molecular complexity index is 375. The zero-order chi connectivity index (χ0) is 12.5. The van der Waals surface area contributed by atoms with E-state index in [-0.39, 0.29) is 6.61 Å². The second kappa shape index (κ2) is 8.30. The van der Waals surface area contributed by atoms with Gasteiger partial charge in [-0.25, -0.2) is 0 Å². The maximum Gasteiger partial charge on any atom is 0.0771 e. The van der Waals surface area contributed by atoms with Crippen molar-refractivity contribution in [3.8, 4) is 11.8 Å². The highest BCUT2D eigenvalue weighted by Gasteiger charge is 2.02. The van der Waals surface area contributed by atoms with Crippen LogP contribution in [0, 0.1) is 11.8 Å². The Hall–Kier alpha value is -0.820. The molecule has 0 unspecified atom stereocenters. The summed E-state index contributed by atoms with van der Waals surface area (Å²) in [7, 11) is 2.16. The minimum Gasteiger partial charge on any atom is -0.395 e. The quantitative estimate of drug-likeness (QED) is 0.786. The standard InChI is InChI=1S/C14H21NOS/c1-3-4-10-15(2)12-14-9-8-13(17-14)7-5-6-11-16/h8-9,16H,3-4,6,10-12H2,1-2H3. The number of unbranched alkanes of at least 4 members (excludes halogenated alkanes) is 1. The van der Waals surface area contributed by atoms with Crippen LogP contribution in [0.3, 0.4) is 0 Å². The summed E-state index contributed by atoms with van der Waals surface area (Å²) in [6, 6.07) is 4.22. The number of hydrogen-bond acceptors (Lipinski definition) is 3. The van der Waals surface area contributed by atoms with E-state index >= 15 is 0 Å². The summed E-state index contributed by atoms with van der Waals surface area (Å²) in [5.41, 5.74) is 0. The minimum atomic E-state index is 0.144. The fourth-order valence-electron chi connectivity index (χ4n) is 1.51. The maximum atomic E-state index is 8.65. The molecule has 0 fully saturated rings. The molecule has 94 valence electrons. The molecule has 1 aromatic heterocycles. The van der Waals surface area contributed by atoms with Crippen molar-refractivity contribution in [3.63, 3.8) is 0 Å². The molecule has 0 saturated carbocycles. The Morgan fingerprint density at radius 2 is 2.24 bits per heavy atom. The summed E-state index contributed by atoms with van der Waals surface area (Å²) >= 11 is 1.75. The summed E-state index contributed by atoms with van der Waals surface area (Å²) in [6.45, 7) is 4.52. The van der Waals surface area contributed by atoms with Crippen molar-refractivity contribution in [1.29, 1.82) is 0 Å². The van der Waals surface area contributed by atoms with Crippen LogP contribution >= 0.6 is 11.3 Å². The van der Waals surface area contributed by atoms with Gasteiger partial charge in [0.15, 0.2) is 0 Å². The number of thiophene rings is 1. The van der Waals surface area contributed by atoms with E-state index in [9.17, 15) is 0 Å². The summed E-state index contributed by atoms with van der Waals surface area (Å²) in [5.74, 6) is 6.02. The van der Waals surface area contributed by atoms with E-state index in [2.05, 4.69) is 42.8 Å². The molecule has 0 saturated heterocycles. The lowest BCUT2D eigenvalue weighted by molar-refractivity contribution is 0.305. The maximum absolute atomic E-state index is 8.65. The largest absolute Gasteiger partial charge is 0.395 e. The molecule has 1 aromatic rings. The fraction of sp³-hybridized carbons (Fsp3) is 0.571. The molecule has 0 atom stereocenters. The molecule has 2 nitrogen and oxygen atoms in total. The van der Waals surface area contributed by atoms with Crippen LogP contribution in [0.4, 0.5) is 0 Å². The van der Waals surface area contributed by atoms with E-state index in [0.29, 0.717) is 6.42 Å². The van der Waals surface area contributed by atoms with Crippen LogP contribution in [-0.2, 0) is 6.54 Å². The predicted molar refractivity (Wildman–Crippen MR) is 74.1 cm³/mol. The third-order valence-electron chi connectivity index (χ3n) is 2.43. The number of aliphatic hydroxyl groups excluding tert-OH is 1. The van der Waals surface area contributed by atoms with Crippen molar-refractivity contribution in [1.82, 2.24) is 4.90 Å². The zero-order valence-electron chi connectivity index (χ0n) is 10.7. The van der Waals surface area contributed by atoms with E-state index in [1.54, 1.807) is 11.3 Å². The molecule has 0 bridgehead atoms. The van der Waals surface area contributed by atoms with Gasteiger partial charge >= 0.3 is 0 Å². The first-order valence-corrected chi connectivity index (χ1v) is 6.95. The first-order chi connectivity index (χ1) is 8.26. The highest BCUT2D eigenvalue weighted by Crippen LogP contribution is 2.17. The number of rotatable bonds is 6. The number of aliphatic hydroxyl groups is 1. The molecule has 1 rings (SSSR count). The van der Waals surface area contributed by atoms with Crippen LogP contribution < -0.4 is 0 Å². The topological polar surface area (TPSA) is 23.5 Å². The van der Waals surface area contributed by atoms with Crippen molar-refractivity contribution < 1.29 is 5.11 Å². The Morgan fingerprint density at radius 3 is 2.94 bits per heavy atom. The van der Waals surface area contributed by atoms with Gasteiger partial charge in [-0.1, -0.05) is 25.2 Å². The molecule has 0 spiro atoms. The van der Waals surface area contributed by atoms with Crippen LogP contribution in [0.15, 0.2) is 12.1 Å². The first kappa shape index (κ1) is 14.2. The number of hydrogen-bond donors (Lipinski definition) is 1. The van der Waals surface area contributed by atoms with Crippen molar-refractivity contribution in [2.45, 2.75) is 32.7 Å². The minimum absolute atomic E-state index is 0.144. The molecule has 0 aliphatic carbocycles. The van der Waals surface area contributed by atoms with E-state index in [1.165, 1.54) is 17.7 Å². The lowest BCUT2D eigenvalue weighted by atomic mass is 10.3. The SMILES string of the molecule is CCCCN(C)Cc1ccc(C#CCCO)s1. The second-order valence-electron chi connectivity index (χ2n) is 4.13. The molecule has 3 heteroatoms. The Morgan fingerprint density at radius 1 is 1.41 bits per heavy atom. The molecule has 1 heterocycles. The van der Waals surface area contributed by atoms with Crippen molar-refractivity contribution in [2.24, 2.45) is 0 Å². The van der Waals surface area contributed by atoms with E-state index in [4.69, 9.17) is 5.11 Å². The lowest BCUT2D eigenvalue weighted by Crippen LogP contribution is -2.18. The Balaban J connectivity index is 2.43. The third kappa shape index (κ3) is 5.88. The van der Waals surface area contributed by atoms with Gasteiger partial charge in [-0.2, -0.15) is 0 Å². The van der Waals surface area contributed by atoms with Gasteiger partial charge < -0.3 is 10.0 Å². The van der Waals surface area contributed by atoms with Crippen molar-refractivity contribution in [2.75, 3.05) is 20.2 Å². The monoisotopic (exact) mass is 251 g/mol. The Kier molecular flexibility index (Phi) is 6.95. The lowest BCUT2D eigenvalue weighted by Gasteiger charge is -2.14. The molecule has 0 aliphatic rings. The highest BCUT2D eigenvalue weighted by atomic mass is 32.1. The smallest absolute Gasteiger partial charge is 0.0771 e. The predicted octanol–water partition coefficient (Wildman–Crippen LogP) is 2.71. The zero-order valence-corrected chi connectivity index (χ0v) is 11.5. The van der Waals surface area contributed by atoms with Gasteiger partial charge in [0.2, 0.25) is 0 Å². The van der Waals surface area contributed by atoms with Crippen molar-refractivity contribution >= 4 is 11.3 Å². The van der Waals surface area contributed by atoms with Crippen LogP contribution in [0.1, 0.15) is 35.9 Å². The molecule has 1 N–H and O–H groups in total.